The van der Waals surface area contributed by atoms with Crippen molar-refractivity contribution in [2.45, 2.75) is 44.2 Å². The zero-order chi connectivity index (χ0) is 14.6. The lowest BCUT2D eigenvalue weighted by Gasteiger charge is -2.36. The predicted octanol–water partition coefficient (Wildman–Crippen LogP) is 1.35. The molecule has 5 nitrogen and oxygen atoms in total. The molecule has 0 spiro atoms. The Morgan fingerprint density at radius 2 is 2.25 bits per heavy atom. The third kappa shape index (κ3) is 4.05. The number of carbonyl (C=O) groups excluding carboxylic acids is 2. The van der Waals surface area contributed by atoms with Crippen molar-refractivity contribution in [3.05, 3.63) is 22.4 Å². The van der Waals surface area contributed by atoms with Gasteiger partial charge in [0.05, 0.1) is 18.1 Å². The lowest BCUT2D eigenvalue weighted by molar-refractivity contribution is -0.124. The van der Waals surface area contributed by atoms with Crippen LogP contribution < -0.4 is 10.6 Å². The van der Waals surface area contributed by atoms with Crippen LogP contribution in [0.25, 0.3) is 0 Å². The van der Waals surface area contributed by atoms with E-state index in [1.54, 1.807) is 0 Å². The third-order valence-electron chi connectivity index (χ3n) is 3.55. The quantitative estimate of drug-likeness (QED) is 0.741. The molecule has 0 radical (unpaired) electrons. The molecule has 0 bridgehead atoms. The van der Waals surface area contributed by atoms with E-state index >= 15 is 0 Å². The fourth-order valence-electron chi connectivity index (χ4n) is 2.24. The second-order valence-electron chi connectivity index (χ2n) is 5.33. The fraction of sp³-hybridized carbons (Fsp3) is 0.571. The molecule has 1 aromatic rings. The molecule has 6 heteroatoms. The molecule has 1 aliphatic rings. The van der Waals surface area contributed by atoms with Crippen molar-refractivity contribution in [3.8, 4) is 0 Å². The number of hydrogen-bond donors (Lipinski definition) is 3. The molecule has 1 unspecified atom stereocenters. The molecule has 1 saturated carbocycles. The van der Waals surface area contributed by atoms with Gasteiger partial charge in [0.15, 0.2) is 0 Å². The van der Waals surface area contributed by atoms with Crippen molar-refractivity contribution < 1.29 is 14.7 Å². The van der Waals surface area contributed by atoms with Gasteiger partial charge in [-0.3, -0.25) is 9.59 Å². The summed E-state index contributed by atoms with van der Waals surface area (Å²) in [6, 6.07) is 3.49. The second-order valence-corrected chi connectivity index (χ2v) is 6.31. The van der Waals surface area contributed by atoms with Gasteiger partial charge in [-0.2, -0.15) is 0 Å². The maximum atomic E-state index is 11.9. The van der Waals surface area contributed by atoms with Gasteiger partial charge < -0.3 is 15.7 Å². The maximum Gasteiger partial charge on any atom is 0.222 e. The Morgan fingerprint density at radius 1 is 1.50 bits per heavy atom. The van der Waals surface area contributed by atoms with Gasteiger partial charge in [-0.25, -0.2) is 0 Å². The summed E-state index contributed by atoms with van der Waals surface area (Å²) < 4.78 is 0. The lowest BCUT2D eigenvalue weighted by Crippen LogP contribution is -2.48. The van der Waals surface area contributed by atoms with Crippen LogP contribution in [-0.4, -0.2) is 29.1 Å². The normalized spacial score (nSPS) is 17.9. The number of amides is 2. The van der Waals surface area contributed by atoms with E-state index in [1.165, 1.54) is 18.3 Å². The van der Waals surface area contributed by atoms with Crippen molar-refractivity contribution in [3.63, 3.8) is 0 Å². The molecule has 1 atom stereocenters. The minimum absolute atomic E-state index is 0.155. The summed E-state index contributed by atoms with van der Waals surface area (Å²) >= 11 is 1.51. The van der Waals surface area contributed by atoms with Gasteiger partial charge in [-0.1, -0.05) is 6.07 Å². The molecule has 0 aromatic carbocycles. The van der Waals surface area contributed by atoms with Crippen LogP contribution in [0.15, 0.2) is 17.5 Å². The van der Waals surface area contributed by atoms with E-state index in [2.05, 4.69) is 10.6 Å². The molecule has 2 amide bonds. The summed E-state index contributed by atoms with van der Waals surface area (Å²) in [5.74, 6) is -0.314. The van der Waals surface area contributed by atoms with Crippen LogP contribution in [0.2, 0.25) is 0 Å². The van der Waals surface area contributed by atoms with Crippen molar-refractivity contribution in [2.75, 3.05) is 6.54 Å². The lowest BCUT2D eigenvalue weighted by atomic mass is 9.80. The first-order valence-electron chi connectivity index (χ1n) is 6.78. The summed E-state index contributed by atoms with van der Waals surface area (Å²) in [6.07, 6.45) is 2.69. The topological polar surface area (TPSA) is 78.4 Å². The first-order chi connectivity index (χ1) is 9.48. The van der Waals surface area contributed by atoms with Crippen LogP contribution in [0, 0.1) is 0 Å². The molecule has 20 heavy (non-hydrogen) atoms. The van der Waals surface area contributed by atoms with Gasteiger partial charge in [0.2, 0.25) is 11.8 Å². The molecule has 0 saturated heterocycles. The average molecular weight is 296 g/mol. The number of thiophene rings is 1. The van der Waals surface area contributed by atoms with E-state index in [-0.39, 0.29) is 24.3 Å². The summed E-state index contributed by atoms with van der Waals surface area (Å²) in [5.41, 5.74) is -0.720. The Bertz CT molecular complexity index is 469. The van der Waals surface area contributed by atoms with Gasteiger partial charge in [-0.15, -0.1) is 11.3 Å². The second kappa shape index (κ2) is 6.37. The van der Waals surface area contributed by atoms with Crippen molar-refractivity contribution in [1.82, 2.24) is 10.6 Å². The van der Waals surface area contributed by atoms with Gasteiger partial charge in [0.25, 0.3) is 0 Å². The van der Waals surface area contributed by atoms with E-state index in [0.29, 0.717) is 6.54 Å². The highest BCUT2D eigenvalue weighted by molar-refractivity contribution is 7.10. The first kappa shape index (κ1) is 15.0. The van der Waals surface area contributed by atoms with Crippen molar-refractivity contribution in [2.24, 2.45) is 0 Å². The van der Waals surface area contributed by atoms with Crippen LogP contribution in [0.5, 0.6) is 0 Å². The highest BCUT2D eigenvalue weighted by Gasteiger charge is 2.34. The Balaban J connectivity index is 1.86. The smallest absolute Gasteiger partial charge is 0.222 e. The number of rotatable bonds is 6. The molecule has 3 N–H and O–H groups in total. The predicted molar refractivity (Wildman–Crippen MR) is 77.3 cm³/mol. The molecule has 1 aromatic heterocycles. The van der Waals surface area contributed by atoms with Crippen molar-refractivity contribution in [1.29, 1.82) is 0 Å². The maximum absolute atomic E-state index is 11.9. The molecule has 0 aliphatic heterocycles. The summed E-state index contributed by atoms with van der Waals surface area (Å²) in [5, 5.41) is 17.4. The molecular formula is C14H20N2O3S. The Labute approximate surface area is 122 Å². The largest absolute Gasteiger partial charge is 0.388 e. The molecule has 110 valence electrons. The van der Waals surface area contributed by atoms with E-state index in [9.17, 15) is 14.7 Å². The fourth-order valence-corrected chi connectivity index (χ4v) is 3.02. The number of hydrogen-bond acceptors (Lipinski definition) is 4. The van der Waals surface area contributed by atoms with Crippen LogP contribution in [-0.2, 0) is 9.59 Å². The molecule has 2 rings (SSSR count). The zero-order valence-electron chi connectivity index (χ0n) is 11.5. The summed E-state index contributed by atoms with van der Waals surface area (Å²) in [7, 11) is 0. The van der Waals surface area contributed by atoms with Crippen LogP contribution in [0.1, 0.15) is 43.5 Å². The Hall–Kier alpha value is -1.40. The number of carbonyl (C=O) groups is 2. The Morgan fingerprint density at radius 3 is 2.75 bits per heavy atom. The molecule has 1 heterocycles. The first-order valence-corrected chi connectivity index (χ1v) is 7.66. The van der Waals surface area contributed by atoms with E-state index < -0.39 is 5.60 Å². The number of aliphatic hydroxyl groups is 1. The van der Waals surface area contributed by atoms with Crippen LogP contribution in [0.4, 0.5) is 0 Å². The minimum atomic E-state index is -0.720. The van der Waals surface area contributed by atoms with Gasteiger partial charge in [0, 0.05) is 18.3 Å². The molecular weight excluding hydrogens is 276 g/mol. The highest BCUT2D eigenvalue weighted by atomic mass is 32.1. The summed E-state index contributed by atoms with van der Waals surface area (Å²) in [4.78, 5) is 24.1. The van der Waals surface area contributed by atoms with Gasteiger partial charge >= 0.3 is 0 Å². The highest BCUT2D eigenvalue weighted by Crippen LogP contribution is 2.30. The summed E-state index contributed by atoms with van der Waals surface area (Å²) in [6.45, 7) is 1.73. The zero-order valence-corrected chi connectivity index (χ0v) is 12.3. The standard InChI is InChI=1S/C14H20N2O3S/c1-10(17)16-11(12-4-2-7-20-12)8-13(18)15-9-14(19)5-3-6-14/h2,4,7,11,19H,3,5-6,8-9H2,1H3,(H,15,18)(H,16,17). The van der Waals surface area contributed by atoms with E-state index in [0.717, 1.165) is 24.1 Å². The molecule has 1 fully saturated rings. The van der Waals surface area contributed by atoms with Gasteiger partial charge in [-0.05, 0) is 30.7 Å². The third-order valence-corrected chi connectivity index (χ3v) is 4.54. The van der Waals surface area contributed by atoms with Crippen LogP contribution in [0.3, 0.4) is 0 Å². The number of nitrogens with one attached hydrogen (secondary N) is 2. The van der Waals surface area contributed by atoms with Gasteiger partial charge in [0.1, 0.15) is 0 Å². The van der Waals surface area contributed by atoms with Crippen LogP contribution >= 0.6 is 11.3 Å². The van der Waals surface area contributed by atoms with E-state index in [1.807, 2.05) is 17.5 Å². The van der Waals surface area contributed by atoms with Crippen molar-refractivity contribution >= 4 is 23.2 Å². The average Bonchev–Trinajstić information content (AvgIpc) is 2.86. The monoisotopic (exact) mass is 296 g/mol. The van der Waals surface area contributed by atoms with E-state index in [4.69, 9.17) is 0 Å². The Kier molecular flexibility index (Phi) is 4.77. The molecule has 1 aliphatic carbocycles. The SMILES string of the molecule is CC(=O)NC(CC(=O)NCC1(O)CCC1)c1cccs1. The minimum Gasteiger partial charge on any atom is -0.388 e.